The fraction of sp³-hybridized carbons (Fsp3) is 0.462. The number of aliphatic hydroxyl groups is 1. The first-order valence-corrected chi connectivity index (χ1v) is 5.85. The normalized spacial score (nSPS) is 17.0. The van der Waals surface area contributed by atoms with Gasteiger partial charge < -0.3 is 15.3 Å². The average molecular weight is 236 g/mol. The van der Waals surface area contributed by atoms with Crippen molar-refractivity contribution in [3.05, 3.63) is 28.8 Å². The Bertz CT molecular complexity index is 439. The first kappa shape index (κ1) is 11.9. The van der Waals surface area contributed by atoms with E-state index in [0.717, 1.165) is 43.2 Å². The number of carboxylic acid groups (broad SMARTS) is 1. The number of fused-ring (bicyclic) bond motifs is 1. The van der Waals surface area contributed by atoms with Crippen LogP contribution in [0.15, 0.2) is 12.1 Å². The molecule has 1 aromatic carbocycles. The van der Waals surface area contributed by atoms with Gasteiger partial charge in [-0.2, -0.15) is 0 Å². The Morgan fingerprint density at radius 2 is 1.71 bits per heavy atom. The van der Waals surface area contributed by atoms with Crippen LogP contribution in [0.4, 0.5) is 0 Å². The number of phenols is 1. The van der Waals surface area contributed by atoms with Crippen molar-refractivity contribution in [3.8, 4) is 5.75 Å². The summed E-state index contributed by atoms with van der Waals surface area (Å²) in [5, 5.41) is 28.0. The Balaban J connectivity index is 2.42. The minimum Gasteiger partial charge on any atom is -0.508 e. The number of phenolic OH excluding ortho intramolecular Hbond substituents is 1. The Morgan fingerprint density at radius 1 is 1.12 bits per heavy atom. The molecule has 1 unspecified atom stereocenters. The number of aliphatic carboxylic acids is 1. The highest BCUT2D eigenvalue weighted by atomic mass is 16.4. The van der Waals surface area contributed by atoms with E-state index >= 15 is 0 Å². The van der Waals surface area contributed by atoms with Gasteiger partial charge >= 0.3 is 5.97 Å². The molecule has 0 aliphatic heterocycles. The molecular weight excluding hydrogens is 220 g/mol. The molecular formula is C13H16O4. The van der Waals surface area contributed by atoms with Crippen LogP contribution in [0.5, 0.6) is 5.75 Å². The zero-order valence-corrected chi connectivity index (χ0v) is 9.52. The number of carbonyl (C=O) groups is 1. The van der Waals surface area contributed by atoms with E-state index in [4.69, 9.17) is 5.11 Å². The third kappa shape index (κ3) is 2.42. The summed E-state index contributed by atoms with van der Waals surface area (Å²) in [5.74, 6) is -1.46. The summed E-state index contributed by atoms with van der Waals surface area (Å²) in [5.41, 5.74) is 2.22. The predicted octanol–water partition coefficient (Wildman–Crippen LogP) is 1.78. The van der Waals surface area contributed by atoms with Crippen molar-refractivity contribution in [2.24, 2.45) is 0 Å². The van der Waals surface area contributed by atoms with E-state index in [1.54, 1.807) is 12.1 Å². The van der Waals surface area contributed by atoms with Crippen molar-refractivity contribution in [3.63, 3.8) is 0 Å². The van der Waals surface area contributed by atoms with Crippen LogP contribution in [-0.2, 0) is 17.6 Å². The quantitative estimate of drug-likeness (QED) is 0.684. The van der Waals surface area contributed by atoms with Gasteiger partial charge in [0, 0.05) is 5.56 Å². The lowest BCUT2D eigenvalue weighted by Crippen LogP contribution is -2.11. The van der Waals surface area contributed by atoms with E-state index in [1.807, 2.05) is 0 Å². The van der Waals surface area contributed by atoms with Crippen molar-refractivity contribution < 1.29 is 20.1 Å². The van der Waals surface area contributed by atoms with Crippen LogP contribution in [-0.4, -0.2) is 21.3 Å². The van der Waals surface area contributed by atoms with Gasteiger partial charge in [0.1, 0.15) is 5.75 Å². The van der Waals surface area contributed by atoms with Crippen molar-refractivity contribution in [1.82, 2.24) is 0 Å². The molecule has 0 fully saturated rings. The lowest BCUT2D eigenvalue weighted by molar-refractivity contribution is -0.147. The fourth-order valence-corrected chi connectivity index (χ4v) is 2.32. The molecule has 4 nitrogen and oxygen atoms in total. The summed E-state index contributed by atoms with van der Waals surface area (Å²) < 4.78 is 0. The molecule has 0 bridgehead atoms. The van der Waals surface area contributed by atoms with Crippen molar-refractivity contribution in [2.45, 2.75) is 38.2 Å². The number of carboxylic acids is 1. The number of benzene rings is 1. The Labute approximate surface area is 99.5 Å². The molecule has 0 heterocycles. The first-order chi connectivity index (χ1) is 8.09. The molecule has 1 aliphatic rings. The molecule has 0 radical (unpaired) electrons. The lowest BCUT2D eigenvalue weighted by Gasteiger charge is -2.13. The summed E-state index contributed by atoms with van der Waals surface area (Å²) in [6.45, 7) is 0. The van der Waals surface area contributed by atoms with Crippen molar-refractivity contribution >= 4 is 5.97 Å². The van der Waals surface area contributed by atoms with Gasteiger partial charge in [0.15, 0.2) is 6.10 Å². The average Bonchev–Trinajstić information content (AvgIpc) is 2.51. The van der Waals surface area contributed by atoms with Gasteiger partial charge in [-0.05, 0) is 48.9 Å². The molecule has 0 saturated carbocycles. The number of hydrogen-bond acceptors (Lipinski definition) is 3. The predicted molar refractivity (Wildman–Crippen MR) is 62.0 cm³/mol. The highest BCUT2D eigenvalue weighted by Gasteiger charge is 2.22. The Kier molecular flexibility index (Phi) is 3.33. The third-order valence-corrected chi connectivity index (χ3v) is 3.27. The van der Waals surface area contributed by atoms with Crippen LogP contribution in [0.2, 0.25) is 0 Å². The largest absolute Gasteiger partial charge is 0.508 e. The molecule has 0 aromatic heterocycles. The summed E-state index contributed by atoms with van der Waals surface area (Å²) in [4.78, 5) is 10.7. The van der Waals surface area contributed by atoms with E-state index in [2.05, 4.69) is 0 Å². The molecule has 3 N–H and O–H groups in total. The van der Waals surface area contributed by atoms with Gasteiger partial charge in [-0.1, -0.05) is 6.42 Å². The highest BCUT2D eigenvalue weighted by Crippen LogP contribution is 2.31. The summed E-state index contributed by atoms with van der Waals surface area (Å²) in [6.07, 6.45) is 3.45. The van der Waals surface area contributed by atoms with Crippen LogP contribution < -0.4 is 0 Å². The Hall–Kier alpha value is -1.55. The lowest BCUT2D eigenvalue weighted by atomic mass is 9.97. The smallest absolute Gasteiger partial charge is 0.337 e. The molecule has 1 aliphatic carbocycles. The molecule has 2 rings (SSSR count). The van der Waals surface area contributed by atoms with Crippen LogP contribution in [0.1, 0.15) is 42.1 Å². The molecule has 4 heteroatoms. The van der Waals surface area contributed by atoms with Crippen LogP contribution in [0, 0.1) is 0 Å². The topological polar surface area (TPSA) is 77.8 Å². The molecule has 0 saturated heterocycles. The number of rotatable bonds is 2. The summed E-state index contributed by atoms with van der Waals surface area (Å²) >= 11 is 0. The monoisotopic (exact) mass is 236 g/mol. The molecule has 17 heavy (non-hydrogen) atoms. The minimum atomic E-state index is -1.65. The van der Waals surface area contributed by atoms with Crippen molar-refractivity contribution in [1.29, 1.82) is 0 Å². The number of aryl methyl sites for hydroxylation is 2. The fourth-order valence-electron chi connectivity index (χ4n) is 2.32. The standard InChI is InChI=1S/C13H16O4/c14-11-7-9-5-3-1-2-4-8(9)6-10(11)12(15)13(16)17/h6-7,12,14-15H,1-5H2,(H,16,17). The molecule has 0 spiro atoms. The zero-order valence-electron chi connectivity index (χ0n) is 9.52. The second-order valence-corrected chi connectivity index (χ2v) is 4.48. The molecule has 0 amide bonds. The van der Waals surface area contributed by atoms with Gasteiger partial charge in [0.05, 0.1) is 0 Å². The second-order valence-electron chi connectivity index (χ2n) is 4.48. The van der Waals surface area contributed by atoms with Crippen LogP contribution in [0.25, 0.3) is 0 Å². The van der Waals surface area contributed by atoms with E-state index in [1.165, 1.54) is 0 Å². The summed E-state index contributed by atoms with van der Waals surface area (Å²) in [6, 6.07) is 3.23. The maximum atomic E-state index is 10.7. The second kappa shape index (κ2) is 4.75. The van der Waals surface area contributed by atoms with Gasteiger partial charge in [-0.25, -0.2) is 4.79 Å². The first-order valence-electron chi connectivity index (χ1n) is 5.85. The maximum absolute atomic E-state index is 10.7. The van der Waals surface area contributed by atoms with E-state index in [0.29, 0.717) is 0 Å². The molecule has 1 atom stereocenters. The highest BCUT2D eigenvalue weighted by molar-refractivity contribution is 5.75. The van der Waals surface area contributed by atoms with Gasteiger partial charge in [-0.3, -0.25) is 0 Å². The van der Waals surface area contributed by atoms with Gasteiger partial charge in [0.2, 0.25) is 0 Å². The van der Waals surface area contributed by atoms with Gasteiger partial charge in [0.25, 0.3) is 0 Å². The number of aliphatic hydroxyl groups excluding tert-OH is 1. The third-order valence-electron chi connectivity index (χ3n) is 3.27. The zero-order chi connectivity index (χ0) is 12.4. The van der Waals surface area contributed by atoms with E-state index < -0.39 is 12.1 Å². The number of hydrogen-bond donors (Lipinski definition) is 3. The summed E-state index contributed by atoms with van der Waals surface area (Å²) in [7, 11) is 0. The van der Waals surface area contributed by atoms with E-state index in [-0.39, 0.29) is 11.3 Å². The molecule has 1 aromatic rings. The minimum absolute atomic E-state index is 0.0955. The van der Waals surface area contributed by atoms with Gasteiger partial charge in [-0.15, -0.1) is 0 Å². The Morgan fingerprint density at radius 3 is 2.29 bits per heavy atom. The SMILES string of the molecule is O=C(O)C(O)c1cc2c(cc1O)CCCCC2. The van der Waals surface area contributed by atoms with E-state index in [9.17, 15) is 15.0 Å². The maximum Gasteiger partial charge on any atom is 0.337 e. The van der Waals surface area contributed by atoms with Crippen LogP contribution >= 0.6 is 0 Å². The number of aromatic hydroxyl groups is 1. The van der Waals surface area contributed by atoms with Crippen LogP contribution in [0.3, 0.4) is 0 Å². The molecule has 92 valence electrons. The van der Waals surface area contributed by atoms with Crippen molar-refractivity contribution in [2.75, 3.05) is 0 Å².